The number of urea groups is 1. The van der Waals surface area contributed by atoms with Crippen molar-refractivity contribution < 1.29 is 13.6 Å². The molecule has 1 aromatic heterocycles. The van der Waals surface area contributed by atoms with Crippen molar-refractivity contribution in [1.82, 2.24) is 14.9 Å². The summed E-state index contributed by atoms with van der Waals surface area (Å²) in [5, 5.41) is 6.61. The molecule has 2 aliphatic rings. The Labute approximate surface area is 165 Å². The molecule has 1 unspecified atom stereocenters. The molecule has 2 amide bonds. The Morgan fingerprint density at radius 2 is 1.90 bits per heavy atom. The van der Waals surface area contributed by atoms with E-state index < -0.39 is 17.7 Å². The number of nitrogens with zero attached hydrogens (tertiary/aromatic N) is 3. The van der Waals surface area contributed by atoms with Gasteiger partial charge in [0.05, 0.1) is 6.04 Å². The van der Waals surface area contributed by atoms with Gasteiger partial charge in [-0.2, -0.15) is 5.10 Å². The van der Waals surface area contributed by atoms with Crippen LogP contribution in [0.3, 0.4) is 0 Å². The fourth-order valence-electron chi connectivity index (χ4n) is 3.85. The van der Waals surface area contributed by atoms with Crippen molar-refractivity contribution in [2.45, 2.75) is 12.5 Å². The molecule has 1 fully saturated rings. The normalized spacial score (nSPS) is 18.4. The third kappa shape index (κ3) is 3.29. The van der Waals surface area contributed by atoms with Crippen LogP contribution in [0.5, 0.6) is 0 Å². The summed E-state index contributed by atoms with van der Waals surface area (Å²) in [7, 11) is 0. The zero-order valence-electron chi connectivity index (χ0n) is 15.5. The van der Waals surface area contributed by atoms with Gasteiger partial charge in [0, 0.05) is 43.5 Å². The Morgan fingerprint density at radius 3 is 2.69 bits per heavy atom. The summed E-state index contributed by atoms with van der Waals surface area (Å²) in [6.07, 6.45) is 6.02. The molecule has 2 aliphatic heterocycles. The number of halogens is 2. The van der Waals surface area contributed by atoms with Gasteiger partial charge in [0.25, 0.3) is 0 Å². The summed E-state index contributed by atoms with van der Waals surface area (Å²) in [6.45, 7) is 1.02. The molecule has 3 heterocycles. The van der Waals surface area contributed by atoms with Crippen LogP contribution in [0.15, 0.2) is 59.3 Å². The minimum absolute atomic E-state index is 0.259. The summed E-state index contributed by atoms with van der Waals surface area (Å²) in [5.41, 5.74) is 3.70. The van der Waals surface area contributed by atoms with Gasteiger partial charge in [-0.1, -0.05) is 18.2 Å². The molecule has 0 aliphatic carbocycles. The first-order chi connectivity index (χ1) is 14.1. The van der Waals surface area contributed by atoms with Crippen LogP contribution < -0.4 is 0 Å². The molecule has 2 aromatic carbocycles. The fraction of sp³-hybridized carbons (Fsp3) is 0.182. The van der Waals surface area contributed by atoms with Crippen LogP contribution in [0.25, 0.3) is 17.0 Å². The molecule has 1 saturated heterocycles. The first kappa shape index (κ1) is 17.6. The molecule has 29 heavy (non-hydrogen) atoms. The summed E-state index contributed by atoms with van der Waals surface area (Å²) < 4.78 is 27.2. The Kier molecular flexibility index (Phi) is 4.16. The number of hydrazone groups is 1. The van der Waals surface area contributed by atoms with Crippen LogP contribution in [0, 0.1) is 11.6 Å². The first-order valence-corrected chi connectivity index (χ1v) is 9.40. The van der Waals surface area contributed by atoms with Crippen LogP contribution in [0.2, 0.25) is 0 Å². The van der Waals surface area contributed by atoms with E-state index in [-0.39, 0.29) is 6.03 Å². The lowest BCUT2D eigenvalue weighted by Gasteiger charge is -2.37. The average Bonchev–Trinajstić information content (AvgIpc) is 3.31. The topological polar surface area (TPSA) is 51.7 Å². The number of H-pyrrole nitrogens is 1. The van der Waals surface area contributed by atoms with Gasteiger partial charge in [-0.05, 0) is 46.4 Å². The maximum atomic E-state index is 13.6. The standard InChI is InChI=1S/C22H18F2N4O/c23-18-9-17(10-19(24)11-18)21-4-6-26-28(21)22(29)27-12-15(13-27)7-14-1-2-16-3-5-25-20(16)8-14/h1-3,5-11,21,25H,4,12-13H2. The van der Waals surface area contributed by atoms with E-state index in [2.05, 4.69) is 28.3 Å². The second-order valence-electron chi connectivity index (χ2n) is 7.36. The van der Waals surface area contributed by atoms with Gasteiger partial charge in [-0.15, -0.1) is 0 Å². The molecule has 5 nitrogen and oxygen atoms in total. The Morgan fingerprint density at radius 1 is 1.10 bits per heavy atom. The quantitative estimate of drug-likeness (QED) is 0.675. The van der Waals surface area contributed by atoms with Gasteiger partial charge in [0.15, 0.2) is 0 Å². The van der Waals surface area contributed by atoms with Crippen molar-refractivity contribution in [2.24, 2.45) is 5.10 Å². The number of amides is 2. The predicted molar refractivity (Wildman–Crippen MR) is 107 cm³/mol. The largest absolute Gasteiger partial charge is 0.361 e. The molecule has 146 valence electrons. The minimum atomic E-state index is -0.660. The summed E-state index contributed by atoms with van der Waals surface area (Å²) in [6, 6.07) is 10.8. The van der Waals surface area contributed by atoms with E-state index in [9.17, 15) is 13.6 Å². The molecule has 5 rings (SSSR count). The fourth-order valence-corrected chi connectivity index (χ4v) is 3.85. The second kappa shape index (κ2) is 6.84. The zero-order chi connectivity index (χ0) is 20.0. The molecule has 0 radical (unpaired) electrons. The average molecular weight is 392 g/mol. The number of hydrogen-bond donors (Lipinski definition) is 1. The first-order valence-electron chi connectivity index (χ1n) is 9.40. The van der Waals surface area contributed by atoms with Crippen molar-refractivity contribution in [3.05, 3.63) is 77.0 Å². The maximum Gasteiger partial charge on any atom is 0.341 e. The predicted octanol–water partition coefficient (Wildman–Crippen LogP) is 4.70. The van der Waals surface area contributed by atoms with Gasteiger partial charge in [-0.3, -0.25) is 0 Å². The number of nitrogens with one attached hydrogen (secondary N) is 1. The van der Waals surface area contributed by atoms with Crippen molar-refractivity contribution in [3.63, 3.8) is 0 Å². The van der Waals surface area contributed by atoms with Crippen molar-refractivity contribution >= 4 is 29.2 Å². The highest BCUT2D eigenvalue weighted by molar-refractivity contribution is 5.83. The van der Waals surface area contributed by atoms with E-state index in [0.717, 1.165) is 28.1 Å². The lowest BCUT2D eigenvalue weighted by Crippen LogP contribution is -2.49. The third-order valence-electron chi connectivity index (χ3n) is 5.30. The highest BCUT2D eigenvalue weighted by Crippen LogP contribution is 2.32. The van der Waals surface area contributed by atoms with Crippen LogP contribution in [-0.4, -0.2) is 40.2 Å². The lowest BCUT2D eigenvalue weighted by molar-refractivity contribution is 0.136. The lowest BCUT2D eigenvalue weighted by atomic mass is 10.0. The highest BCUT2D eigenvalue weighted by atomic mass is 19.1. The molecule has 0 saturated carbocycles. The molecule has 7 heteroatoms. The smallest absolute Gasteiger partial charge is 0.341 e. The molecule has 1 N–H and O–H groups in total. The van der Waals surface area contributed by atoms with Gasteiger partial charge < -0.3 is 9.88 Å². The number of aromatic amines is 1. The van der Waals surface area contributed by atoms with Crippen molar-refractivity contribution in [2.75, 3.05) is 13.1 Å². The minimum Gasteiger partial charge on any atom is -0.361 e. The van der Waals surface area contributed by atoms with Crippen LogP contribution >= 0.6 is 0 Å². The van der Waals surface area contributed by atoms with Crippen LogP contribution in [0.1, 0.15) is 23.6 Å². The Bertz CT molecular complexity index is 1140. The highest BCUT2D eigenvalue weighted by Gasteiger charge is 2.35. The van der Waals surface area contributed by atoms with Gasteiger partial charge in [0.1, 0.15) is 11.6 Å². The van der Waals surface area contributed by atoms with Crippen LogP contribution in [-0.2, 0) is 0 Å². The van der Waals surface area contributed by atoms with Crippen molar-refractivity contribution in [1.29, 1.82) is 0 Å². The number of fused-ring (bicyclic) bond motifs is 1. The van der Waals surface area contributed by atoms with Gasteiger partial charge in [-0.25, -0.2) is 18.6 Å². The molecule has 0 spiro atoms. The molecule has 1 atom stereocenters. The Balaban J connectivity index is 1.28. The molecule has 3 aromatic rings. The molecular weight excluding hydrogens is 374 g/mol. The number of benzene rings is 2. The van der Waals surface area contributed by atoms with E-state index in [1.165, 1.54) is 17.1 Å². The second-order valence-corrected chi connectivity index (χ2v) is 7.36. The van der Waals surface area contributed by atoms with Gasteiger partial charge >= 0.3 is 6.03 Å². The molecular formula is C22H18F2N4O. The van der Waals surface area contributed by atoms with Gasteiger partial charge in [0.2, 0.25) is 0 Å². The molecule has 0 bridgehead atoms. The van der Waals surface area contributed by atoms with E-state index in [4.69, 9.17) is 0 Å². The third-order valence-corrected chi connectivity index (χ3v) is 5.30. The summed E-state index contributed by atoms with van der Waals surface area (Å²) >= 11 is 0. The number of hydrogen-bond acceptors (Lipinski definition) is 2. The number of rotatable bonds is 2. The zero-order valence-corrected chi connectivity index (χ0v) is 15.5. The number of likely N-dealkylation sites (tertiary alicyclic amines) is 1. The van der Waals surface area contributed by atoms with E-state index in [1.54, 1.807) is 11.1 Å². The maximum absolute atomic E-state index is 13.6. The summed E-state index contributed by atoms with van der Waals surface area (Å²) in [4.78, 5) is 17.7. The van der Waals surface area contributed by atoms with Crippen LogP contribution in [0.4, 0.5) is 13.6 Å². The van der Waals surface area contributed by atoms with Crippen molar-refractivity contribution in [3.8, 4) is 0 Å². The van der Waals surface area contributed by atoms with E-state index in [0.29, 0.717) is 25.1 Å². The summed E-state index contributed by atoms with van der Waals surface area (Å²) in [5.74, 6) is -1.32. The SMILES string of the molecule is O=C(N1CC(=Cc2ccc3cc[nH]c3c2)C1)N1N=CCC1c1cc(F)cc(F)c1. The van der Waals surface area contributed by atoms with E-state index >= 15 is 0 Å². The Hall–Kier alpha value is -3.48. The monoisotopic (exact) mass is 392 g/mol. The number of carbonyl (C=O) groups excluding carboxylic acids is 1. The number of aromatic nitrogens is 1. The number of carbonyl (C=O) groups is 1. The van der Waals surface area contributed by atoms with E-state index in [1.807, 2.05) is 18.3 Å².